The van der Waals surface area contributed by atoms with Gasteiger partial charge in [0.25, 0.3) is 0 Å². The Balaban J connectivity index is 1.43. The molecular weight excluding hydrogens is 761 g/mol. The Kier molecular flexibility index (Phi) is 11.6. The topological polar surface area (TPSA) is 177 Å². The number of piperazine rings is 1. The quantitative estimate of drug-likeness (QED) is 0.166. The van der Waals surface area contributed by atoms with E-state index in [1.54, 1.807) is 35.0 Å². The molecular formula is C40H52N4O12S. The number of piperidine rings is 1. The fourth-order valence-corrected chi connectivity index (χ4v) is 11.0. The predicted octanol–water partition coefficient (Wildman–Crippen LogP) is 3.50. The number of benzene rings is 1. The molecule has 9 atom stereocenters. The molecule has 1 amide bonds. The number of nitriles is 1. The Morgan fingerprint density at radius 2 is 1.86 bits per heavy atom. The van der Waals surface area contributed by atoms with Crippen LogP contribution in [0.3, 0.4) is 0 Å². The number of fused-ring (bicyclic) bond motifs is 8. The maximum absolute atomic E-state index is 13.9. The second-order valence-electron chi connectivity index (χ2n) is 16.1. The summed E-state index contributed by atoms with van der Waals surface area (Å²) in [6.07, 6.45) is -1.01. The van der Waals surface area contributed by atoms with E-state index in [0.717, 1.165) is 22.3 Å². The van der Waals surface area contributed by atoms with Gasteiger partial charge in [-0.25, -0.2) is 9.59 Å². The van der Waals surface area contributed by atoms with E-state index in [9.17, 15) is 19.6 Å². The highest BCUT2D eigenvalue weighted by Crippen LogP contribution is 2.59. The number of esters is 2. The zero-order valence-corrected chi connectivity index (χ0v) is 34.7. The first kappa shape index (κ1) is 41.0. The summed E-state index contributed by atoms with van der Waals surface area (Å²) in [5.41, 5.74) is 3.42. The molecule has 4 saturated heterocycles. The van der Waals surface area contributed by atoms with Crippen LogP contribution in [0.5, 0.6) is 11.5 Å². The number of aryl methyl sites for hydroxylation is 1. The van der Waals surface area contributed by atoms with Crippen molar-refractivity contribution in [3.63, 3.8) is 0 Å². The number of carbonyl (C=O) groups is 3. The number of amides is 1. The number of rotatable bonds is 9. The maximum Gasteiger partial charge on any atom is 0.408 e. The molecule has 1 aliphatic carbocycles. The molecule has 5 unspecified atom stereocenters. The van der Waals surface area contributed by atoms with E-state index in [0.29, 0.717) is 48.2 Å². The molecule has 7 rings (SSSR count). The van der Waals surface area contributed by atoms with Crippen molar-refractivity contribution < 1.29 is 57.0 Å². The van der Waals surface area contributed by atoms with Gasteiger partial charge in [-0.2, -0.15) is 17.0 Å². The van der Waals surface area contributed by atoms with Gasteiger partial charge in [0.15, 0.2) is 29.8 Å². The van der Waals surface area contributed by atoms with Crippen LogP contribution in [0, 0.1) is 24.2 Å². The van der Waals surface area contributed by atoms with Crippen LogP contribution < -0.4 is 14.8 Å². The van der Waals surface area contributed by atoms with Crippen LogP contribution in [-0.4, -0.2) is 135 Å². The fourth-order valence-electron chi connectivity index (χ4n) is 9.42. The highest BCUT2D eigenvalue weighted by Gasteiger charge is 2.64. The molecule has 5 heterocycles. The van der Waals surface area contributed by atoms with Crippen molar-refractivity contribution >= 4 is 29.8 Å². The lowest BCUT2D eigenvalue weighted by Gasteiger charge is -2.64. The number of nitrogens with zero attached hydrogens (tertiary/aromatic N) is 3. The molecule has 17 heteroatoms. The van der Waals surface area contributed by atoms with E-state index < -0.39 is 71.1 Å². The van der Waals surface area contributed by atoms with Gasteiger partial charge in [-0.05, 0) is 59.2 Å². The number of cyclic esters (lactones) is 1. The molecule has 57 heavy (non-hydrogen) atoms. The Morgan fingerprint density at radius 1 is 1.11 bits per heavy atom. The van der Waals surface area contributed by atoms with Crippen LogP contribution in [0.1, 0.15) is 57.4 Å². The molecule has 5 aliphatic heterocycles. The smallest absolute Gasteiger partial charge is 0.408 e. The van der Waals surface area contributed by atoms with E-state index in [1.807, 2.05) is 20.9 Å². The van der Waals surface area contributed by atoms with E-state index in [4.69, 9.17) is 42.6 Å². The monoisotopic (exact) mass is 812 g/mol. The molecule has 1 aromatic rings. The largest absolute Gasteiger partial charge is 0.493 e. The summed E-state index contributed by atoms with van der Waals surface area (Å²) >= 11 is 1.44. The van der Waals surface area contributed by atoms with E-state index >= 15 is 0 Å². The minimum atomic E-state index is -1.08. The molecule has 0 aromatic heterocycles. The summed E-state index contributed by atoms with van der Waals surface area (Å²) in [6.45, 7) is 10.9. The first-order valence-electron chi connectivity index (χ1n) is 19.1. The summed E-state index contributed by atoms with van der Waals surface area (Å²) in [5, 5.41) is 13.4. The Hall–Kier alpha value is -4.21. The number of alkyl carbamates (subject to hydrolysis) is 1. The van der Waals surface area contributed by atoms with Gasteiger partial charge in [-0.1, -0.05) is 6.07 Å². The molecule has 1 N–H and O–H groups in total. The third-order valence-corrected chi connectivity index (χ3v) is 13.0. The summed E-state index contributed by atoms with van der Waals surface area (Å²) in [7, 11) is 5.23. The minimum absolute atomic E-state index is 0.0457. The number of hydrogen-bond acceptors (Lipinski definition) is 16. The predicted molar refractivity (Wildman–Crippen MR) is 204 cm³/mol. The SMILES string of the molecule is COCCOCOc1c(OC)c(C)cc2c1[C@@H]1C3[C@@H]4SCC(NC(=O)OC(C)(C)C)C(=O)OC[C@@H](C5=C6OCOC6=C(C)C(OC(C)=O)C54)N3C(C#N)[C@H](C2)N1C. The summed E-state index contributed by atoms with van der Waals surface area (Å²) in [4.78, 5) is 44.4. The van der Waals surface area contributed by atoms with Crippen LogP contribution in [0.25, 0.3) is 0 Å². The Morgan fingerprint density at radius 3 is 2.54 bits per heavy atom. The fraction of sp³-hybridized carbons (Fsp3) is 0.650. The zero-order valence-electron chi connectivity index (χ0n) is 33.9. The van der Waals surface area contributed by atoms with Crippen LogP contribution >= 0.6 is 11.8 Å². The van der Waals surface area contributed by atoms with Gasteiger partial charge in [-0.15, -0.1) is 0 Å². The van der Waals surface area contributed by atoms with Crippen molar-refractivity contribution in [2.24, 2.45) is 5.92 Å². The number of hydrogen-bond donors (Lipinski definition) is 1. The van der Waals surface area contributed by atoms with Crippen molar-refractivity contribution in [2.75, 3.05) is 60.4 Å². The number of thioether (sulfide) groups is 1. The van der Waals surface area contributed by atoms with Crippen LogP contribution in [0.2, 0.25) is 0 Å². The number of methoxy groups -OCH3 is 2. The molecule has 4 bridgehead atoms. The summed E-state index contributed by atoms with van der Waals surface area (Å²) < 4.78 is 53.6. The van der Waals surface area contributed by atoms with Gasteiger partial charge >= 0.3 is 18.0 Å². The van der Waals surface area contributed by atoms with Crippen molar-refractivity contribution in [3.8, 4) is 17.6 Å². The molecule has 16 nitrogen and oxygen atoms in total. The van der Waals surface area contributed by atoms with Crippen LogP contribution in [0.4, 0.5) is 4.79 Å². The second kappa shape index (κ2) is 16.2. The summed E-state index contributed by atoms with van der Waals surface area (Å²) in [6, 6.07) is 1.14. The Bertz CT molecular complexity index is 1890. The average Bonchev–Trinajstić information content (AvgIpc) is 3.63. The minimum Gasteiger partial charge on any atom is -0.493 e. The third-order valence-electron chi connectivity index (χ3n) is 11.5. The molecule has 4 fully saturated rings. The molecule has 6 aliphatic rings. The van der Waals surface area contributed by atoms with Crippen molar-refractivity contribution in [2.45, 2.75) is 101 Å². The number of carbonyl (C=O) groups excluding carboxylic acids is 3. The maximum atomic E-state index is 13.9. The molecule has 1 aromatic carbocycles. The van der Waals surface area contributed by atoms with E-state index in [1.165, 1.54) is 18.7 Å². The third kappa shape index (κ3) is 7.39. The lowest BCUT2D eigenvalue weighted by atomic mass is 9.66. The van der Waals surface area contributed by atoms with Crippen molar-refractivity contribution in [1.29, 1.82) is 5.26 Å². The number of nitrogens with one attached hydrogen (secondary N) is 1. The normalized spacial score (nSPS) is 30.7. The first-order valence-corrected chi connectivity index (χ1v) is 20.2. The second-order valence-corrected chi connectivity index (χ2v) is 17.3. The van der Waals surface area contributed by atoms with Crippen LogP contribution in [0.15, 0.2) is 28.7 Å². The molecule has 0 radical (unpaired) electrons. The molecule has 310 valence electrons. The van der Waals surface area contributed by atoms with E-state index in [2.05, 4.69) is 27.3 Å². The molecule has 0 saturated carbocycles. The molecule has 0 spiro atoms. The van der Waals surface area contributed by atoms with Crippen molar-refractivity contribution in [1.82, 2.24) is 15.1 Å². The van der Waals surface area contributed by atoms with Crippen LogP contribution in [-0.2, 0) is 49.2 Å². The van der Waals surface area contributed by atoms with Crippen molar-refractivity contribution in [3.05, 3.63) is 45.4 Å². The number of likely N-dealkylation sites (N-methyl/N-ethyl adjacent to an activating group) is 1. The Labute approximate surface area is 337 Å². The standard InChI is InChI=1S/C40H52N4O12S/c1-19-12-22-13-24-25(14-41)44-26-15-51-38(46)23(42-39(47)56-40(4,5)6)16-57-37(29-28(26)36-34(53-18-54-36)20(2)33(29)55-21(3)45)31(44)30(43(24)7)27(22)35(32(19)49-9)52-17-50-11-10-48-8/h12,23-26,29-31,33,37H,10-11,13,15-18H2,1-9H3,(H,42,47)/t23?,24-,25?,26-,29?,30+,31?,33?,37+/m0/s1. The van der Waals surface area contributed by atoms with E-state index in [-0.39, 0.29) is 32.0 Å². The van der Waals surface area contributed by atoms with Gasteiger partial charge in [0.2, 0.25) is 6.79 Å². The van der Waals surface area contributed by atoms with Gasteiger partial charge < -0.3 is 47.9 Å². The zero-order chi connectivity index (χ0) is 40.9. The lowest BCUT2D eigenvalue weighted by molar-refractivity contribution is -0.154. The average molecular weight is 813 g/mol. The highest BCUT2D eigenvalue weighted by atomic mass is 32.2. The highest BCUT2D eigenvalue weighted by molar-refractivity contribution is 8.00. The first-order chi connectivity index (χ1) is 27.2. The van der Waals surface area contributed by atoms with Gasteiger partial charge in [0, 0.05) is 59.7 Å². The number of ether oxygens (including phenoxy) is 9. The van der Waals surface area contributed by atoms with Gasteiger partial charge in [0.1, 0.15) is 30.4 Å². The van der Waals surface area contributed by atoms with Gasteiger partial charge in [-0.3, -0.25) is 14.6 Å². The van der Waals surface area contributed by atoms with Gasteiger partial charge in [0.05, 0.1) is 38.5 Å². The summed E-state index contributed by atoms with van der Waals surface area (Å²) in [5.74, 6) is 0.527. The lowest BCUT2D eigenvalue weighted by Crippen LogP contribution is -2.75.